The molecule has 0 aliphatic heterocycles. The van der Waals surface area contributed by atoms with E-state index in [0.29, 0.717) is 0 Å². The van der Waals surface area contributed by atoms with Crippen molar-refractivity contribution in [2.75, 3.05) is 9.80 Å². The lowest BCUT2D eigenvalue weighted by atomic mass is 9.82. The van der Waals surface area contributed by atoms with Gasteiger partial charge in [0.25, 0.3) is 0 Å². The van der Waals surface area contributed by atoms with Crippen LogP contribution in [0.4, 0.5) is 34.1 Å². The van der Waals surface area contributed by atoms with Gasteiger partial charge >= 0.3 is 0 Å². The molecule has 9 aromatic carbocycles. The number of fused-ring (bicyclic) bond motifs is 3. The highest BCUT2D eigenvalue weighted by molar-refractivity contribution is 5.86. The van der Waals surface area contributed by atoms with Crippen molar-refractivity contribution >= 4 is 34.1 Å². The molecule has 10 rings (SSSR count). The lowest BCUT2D eigenvalue weighted by Gasteiger charge is -2.28. The third kappa shape index (κ3) is 6.79. The zero-order valence-corrected chi connectivity index (χ0v) is 33.3. The van der Waals surface area contributed by atoms with Crippen LogP contribution in [-0.4, -0.2) is 0 Å². The van der Waals surface area contributed by atoms with Crippen molar-refractivity contribution in [3.63, 3.8) is 0 Å². The Balaban J connectivity index is 0.936. The Labute approximate surface area is 347 Å². The van der Waals surface area contributed by atoms with E-state index in [2.05, 4.69) is 254 Å². The standard InChI is InChI=1S/C57H44N2/c1-57(2)55-24-13-12-23-53(55)54-38-37-52(40-56(54)57)59(48-21-10-5-11-22-48)51-35-29-44(30-36-51)46-18-14-17-45(39-46)43-27-33-50(34-28-43)58(47-19-8-4-9-20-47)49-31-25-42(26-32-49)41-15-6-3-7-16-41/h3-40H,1-2H3. The van der Waals surface area contributed by atoms with Crippen LogP contribution in [-0.2, 0) is 5.41 Å². The van der Waals surface area contributed by atoms with Crippen LogP contribution in [0.3, 0.4) is 0 Å². The molecule has 0 saturated heterocycles. The summed E-state index contributed by atoms with van der Waals surface area (Å²) < 4.78 is 0. The lowest BCUT2D eigenvalue weighted by Crippen LogP contribution is -2.16. The van der Waals surface area contributed by atoms with E-state index in [1.807, 2.05) is 0 Å². The van der Waals surface area contributed by atoms with Gasteiger partial charge in [-0.25, -0.2) is 0 Å². The van der Waals surface area contributed by atoms with E-state index in [9.17, 15) is 0 Å². The topological polar surface area (TPSA) is 6.48 Å². The smallest absolute Gasteiger partial charge is 0.0465 e. The number of hydrogen-bond donors (Lipinski definition) is 0. The predicted octanol–water partition coefficient (Wildman–Crippen LogP) is 15.9. The summed E-state index contributed by atoms with van der Waals surface area (Å²) in [4.78, 5) is 4.69. The van der Waals surface area contributed by atoms with E-state index in [4.69, 9.17) is 0 Å². The van der Waals surface area contributed by atoms with Crippen LogP contribution < -0.4 is 9.80 Å². The molecular formula is C57H44N2. The molecule has 2 heteroatoms. The van der Waals surface area contributed by atoms with Gasteiger partial charge in [-0.05, 0) is 134 Å². The first kappa shape index (κ1) is 36.0. The maximum atomic E-state index is 2.39. The zero-order valence-electron chi connectivity index (χ0n) is 33.3. The normalized spacial score (nSPS) is 12.4. The van der Waals surface area contributed by atoms with Crippen LogP contribution in [0.15, 0.2) is 231 Å². The number of anilines is 6. The molecule has 0 saturated carbocycles. The first-order valence-corrected chi connectivity index (χ1v) is 20.4. The highest BCUT2D eigenvalue weighted by atomic mass is 15.1. The summed E-state index contributed by atoms with van der Waals surface area (Å²) in [5.74, 6) is 0. The zero-order chi connectivity index (χ0) is 39.8. The summed E-state index contributed by atoms with van der Waals surface area (Å²) >= 11 is 0. The van der Waals surface area contributed by atoms with E-state index >= 15 is 0 Å². The van der Waals surface area contributed by atoms with Gasteiger partial charge < -0.3 is 9.80 Å². The van der Waals surface area contributed by atoms with Crippen LogP contribution in [0.2, 0.25) is 0 Å². The summed E-state index contributed by atoms with van der Waals surface area (Å²) in [5, 5.41) is 0. The molecule has 0 spiro atoms. The van der Waals surface area contributed by atoms with Gasteiger partial charge in [0.05, 0.1) is 0 Å². The summed E-state index contributed by atoms with van der Waals surface area (Å²) in [7, 11) is 0. The summed E-state index contributed by atoms with van der Waals surface area (Å²) in [6.07, 6.45) is 0. The molecule has 0 radical (unpaired) electrons. The van der Waals surface area contributed by atoms with Crippen molar-refractivity contribution in [2.24, 2.45) is 0 Å². The quantitative estimate of drug-likeness (QED) is 0.145. The van der Waals surface area contributed by atoms with E-state index in [1.54, 1.807) is 0 Å². The molecule has 0 fully saturated rings. The third-order valence-corrected chi connectivity index (χ3v) is 11.9. The van der Waals surface area contributed by atoms with Crippen LogP contribution in [0.5, 0.6) is 0 Å². The van der Waals surface area contributed by atoms with E-state index in [0.717, 1.165) is 34.1 Å². The Kier molecular flexibility index (Phi) is 9.24. The molecule has 0 bridgehead atoms. The van der Waals surface area contributed by atoms with Crippen molar-refractivity contribution in [1.29, 1.82) is 0 Å². The van der Waals surface area contributed by atoms with Gasteiger partial charge in [0, 0.05) is 39.5 Å². The van der Waals surface area contributed by atoms with Crippen molar-refractivity contribution in [3.8, 4) is 44.5 Å². The monoisotopic (exact) mass is 756 g/mol. The minimum atomic E-state index is -0.0735. The maximum absolute atomic E-state index is 2.39. The molecule has 1 aliphatic rings. The van der Waals surface area contributed by atoms with Crippen molar-refractivity contribution in [3.05, 3.63) is 242 Å². The van der Waals surface area contributed by atoms with Crippen LogP contribution in [0.1, 0.15) is 25.0 Å². The minimum absolute atomic E-state index is 0.0735. The fourth-order valence-electron chi connectivity index (χ4n) is 8.80. The Morgan fingerprint density at radius 2 is 0.610 bits per heavy atom. The molecular weight excluding hydrogens is 713 g/mol. The summed E-state index contributed by atoms with van der Waals surface area (Å²) in [5.41, 5.74) is 19.3. The fourth-order valence-corrected chi connectivity index (χ4v) is 8.80. The van der Waals surface area contributed by atoms with E-state index in [1.165, 1.54) is 55.6 Å². The largest absolute Gasteiger partial charge is 0.311 e. The van der Waals surface area contributed by atoms with Gasteiger partial charge in [-0.15, -0.1) is 0 Å². The molecule has 0 atom stereocenters. The maximum Gasteiger partial charge on any atom is 0.0465 e. The molecule has 0 N–H and O–H groups in total. The van der Waals surface area contributed by atoms with Crippen LogP contribution >= 0.6 is 0 Å². The second-order valence-corrected chi connectivity index (χ2v) is 15.8. The first-order valence-electron chi connectivity index (χ1n) is 20.4. The Hall–Kier alpha value is -7.42. The SMILES string of the molecule is CC1(C)c2ccccc2-c2ccc(N(c3ccccc3)c3ccc(-c4cccc(-c5ccc(N(c6ccccc6)c6ccc(-c7ccccc7)cc6)cc5)c4)cc3)cc21. The van der Waals surface area contributed by atoms with Gasteiger partial charge in [0.15, 0.2) is 0 Å². The van der Waals surface area contributed by atoms with Gasteiger partial charge in [0.1, 0.15) is 0 Å². The average Bonchev–Trinajstić information content (AvgIpc) is 3.53. The van der Waals surface area contributed by atoms with Gasteiger partial charge in [0.2, 0.25) is 0 Å². The second kappa shape index (κ2) is 15.2. The highest BCUT2D eigenvalue weighted by Crippen LogP contribution is 2.50. The van der Waals surface area contributed by atoms with E-state index < -0.39 is 0 Å². The molecule has 0 unspecified atom stereocenters. The Morgan fingerprint density at radius 1 is 0.254 bits per heavy atom. The van der Waals surface area contributed by atoms with Crippen LogP contribution in [0, 0.1) is 0 Å². The molecule has 9 aromatic rings. The number of nitrogens with zero attached hydrogens (tertiary/aromatic N) is 2. The minimum Gasteiger partial charge on any atom is -0.311 e. The van der Waals surface area contributed by atoms with Gasteiger partial charge in [-0.1, -0.05) is 166 Å². The molecule has 59 heavy (non-hydrogen) atoms. The van der Waals surface area contributed by atoms with Crippen LogP contribution in [0.25, 0.3) is 44.5 Å². The number of benzene rings is 9. The van der Waals surface area contributed by atoms with Gasteiger partial charge in [-0.3, -0.25) is 0 Å². The summed E-state index contributed by atoms with van der Waals surface area (Å²) in [6, 6.07) is 83.3. The first-order chi connectivity index (χ1) is 29.0. The molecule has 1 aliphatic carbocycles. The second-order valence-electron chi connectivity index (χ2n) is 15.8. The molecule has 2 nitrogen and oxygen atoms in total. The molecule has 0 aromatic heterocycles. The summed E-state index contributed by atoms with van der Waals surface area (Å²) in [6.45, 7) is 4.69. The van der Waals surface area contributed by atoms with Crippen molar-refractivity contribution in [1.82, 2.24) is 0 Å². The fraction of sp³-hybridized carbons (Fsp3) is 0.0526. The average molecular weight is 757 g/mol. The van der Waals surface area contributed by atoms with E-state index in [-0.39, 0.29) is 5.41 Å². The van der Waals surface area contributed by atoms with Crippen molar-refractivity contribution < 1.29 is 0 Å². The molecule has 0 amide bonds. The van der Waals surface area contributed by atoms with Crippen molar-refractivity contribution in [2.45, 2.75) is 19.3 Å². The van der Waals surface area contributed by atoms with Gasteiger partial charge in [-0.2, -0.15) is 0 Å². The number of para-hydroxylation sites is 2. The number of hydrogen-bond acceptors (Lipinski definition) is 2. The third-order valence-electron chi connectivity index (χ3n) is 11.9. The Morgan fingerprint density at radius 3 is 1.14 bits per heavy atom. The lowest BCUT2D eigenvalue weighted by molar-refractivity contribution is 0.660. The molecule has 0 heterocycles. The number of rotatable bonds is 9. The predicted molar refractivity (Wildman–Crippen MR) is 250 cm³/mol. The Bertz CT molecular complexity index is 2860. The molecule has 282 valence electrons. The highest BCUT2D eigenvalue weighted by Gasteiger charge is 2.35.